The zero-order valence-electron chi connectivity index (χ0n) is 17.7. The molecule has 6 heteroatoms. The summed E-state index contributed by atoms with van der Waals surface area (Å²) in [5.41, 5.74) is 1.89. The number of carbonyl (C=O) groups is 3. The van der Waals surface area contributed by atoms with Crippen molar-refractivity contribution in [1.29, 1.82) is 0 Å². The fraction of sp³-hybridized carbons (Fsp3) is 0.375. The number of fused-ring (bicyclic) bond motifs is 1. The Labute approximate surface area is 177 Å². The Morgan fingerprint density at radius 2 is 1.60 bits per heavy atom. The first-order chi connectivity index (χ1) is 14.4. The van der Waals surface area contributed by atoms with Gasteiger partial charge in [-0.15, -0.1) is 0 Å². The fourth-order valence-electron chi connectivity index (χ4n) is 3.69. The number of hydrogen-bond donors (Lipinski definition) is 1. The van der Waals surface area contributed by atoms with Gasteiger partial charge < -0.3 is 10.1 Å². The number of nitrogens with zero attached hydrogens (tertiary/aromatic N) is 1. The Morgan fingerprint density at radius 3 is 2.13 bits per heavy atom. The monoisotopic (exact) mass is 408 g/mol. The summed E-state index contributed by atoms with van der Waals surface area (Å²) in [6.45, 7) is 4.47. The summed E-state index contributed by atoms with van der Waals surface area (Å²) in [6.07, 6.45) is 1.49. The number of rotatable bonds is 9. The third kappa shape index (κ3) is 4.87. The molecule has 3 amide bonds. The number of nitrogens with one attached hydrogen (secondary N) is 1. The molecule has 2 aromatic carbocycles. The van der Waals surface area contributed by atoms with Gasteiger partial charge in [-0.05, 0) is 48.6 Å². The molecule has 0 spiro atoms. The largest absolute Gasteiger partial charge is 0.497 e. The van der Waals surface area contributed by atoms with E-state index in [4.69, 9.17) is 4.74 Å². The predicted octanol–water partition coefficient (Wildman–Crippen LogP) is 3.98. The Hall–Kier alpha value is -3.15. The third-order valence-corrected chi connectivity index (χ3v) is 5.22. The zero-order chi connectivity index (χ0) is 21.7. The Balaban J connectivity index is 1.55. The number of hydrogen-bond acceptors (Lipinski definition) is 4. The molecule has 0 aliphatic carbocycles. The van der Waals surface area contributed by atoms with E-state index in [1.807, 2.05) is 24.3 Å². The van der Waals surface area contributed by atoms with Gasteiger partial charge in [-0.25, -0.2) is 0 Å². The molecule has 1 aliphatic rings. The van der Waals surface area contributed by atoms with Crippen molar-refractivity contribution in [1.82, 2.24) is 10.2 Å². The molecule has 1 N–H and O–H groups in total. The third-order valence-electron chi connectivity index (χ3n) is 5.22. The van der Waals surface area contributed by atoms with Crippen molar-refractivity contribution in [2.24, 2.45) is 5.92 Å². The van der Waals surface area contributed by atoms with E-state index < -0.39 is 0 Å². The van der Waals surface area contributed by atoms with Crippen molar-refractivity contribution in [3.05, 3.63) is 65.2 Å². The summed E-state index contributed by atoms with van der Waals surface area (Å²) in [5, 5.41) is 3.10. The van der Waals surface area contributed by atoms with Crippen molar-refractivity contribution >= 4 is 17.7 Å². The fourth-order valence-corrected chi connectivity index (χ4v) is 3.69. The first-order valence-electron chi connectivity index (χ1n) is 10.3. The summed E-state index contributed by atoms with van der Waals surface area (Å²) in [7, 11) is 1.62. The molecule has 0 bridgehead atoms. The molecule has 3 rings (SSSR count). The lowest BCUT2D eigenvalue weighted by atomic mass is 9.96. The first kappa shape index (κ1) is 21.6. The Kier molecular flexibility index (Phi) is 6.87. The molecule has 0 aromatic heterocycles. The molecule has 0 saturated carbocycles. The van der Waals surface area contributed by atoms with Crippen molar-refractivity contribution in [3.8, 4) is 5.75 Å². The molecular weight excluding hydrogens is 380 g/mol. The quantitative estimate of drug-likeness (QED) is 0.637. The van der Waals surface area contributed by atoms with Gasteiger partial charge in [0.1, 0.15) is 5.75 Å². The molecule has 0 unspecified atom stereocenters. The van der Waals surface area contributed by atoms with E-state index in [1.54, 1.807) is 31.4 Å². The van der Waals surface area contributed by atoms with Crippen LogP contribution in [-0.2, 0) is 4.79 Å². The van der Waals surface area contributed by atoms with E-state index >= 15 is 0 Å². The number of ether oxygens (including phenoxy) is 1. The summed E-state index contributed by atoms with van der Waals surface area (Å²) < 4.78 is 5.21. The second-order valence-electron chi connectivity index (χ2n) is 7.93. The molecule has 158 valence electrons. The molecule has 30 heavy (non-hydrogen) atoms. The Morgan fingerprint density at radius 1 is 1.00 bits per heavy atom. The van der Waals surface area contributed by atoms with E-state index in [-0.39, 0.29) is 36.7 Å². The van der Waals surface area contributed by atoms with Gasteiger partial charge in [-0.1, -0.05) is 38.1 Å². The van der Waals surface area contributed by atoms with Gasteiger partial charge in [0, 0.05) is 13.0 Å². The summed E-state index contributed by atoms with van der Waals surface area (Å²) in [6, 6.07) is 14.4. The lowest BCUT2D eigenvalue weighted by Crippen LogP contribution is -2.33. The van der Waals surface area contributed by atoms with E-state index in [1.165, 1.54) is 4.90 Å². The molecule has 2 aromatic rings. The van der Waals surface area contributed by atoms with Crippen LogP contribution in [0.3, 0.4) is 0 Å². The molecule has 1 heterocycles. The highest BCUT2D eigenvalue weighted by Gasteiger charge is 2.34. The van der Waals surface area contributed by atoms with Crippen LogP contribution in [0.1, 0.15) is 65.4 Å². The number of imide groups is 1. The lowest BCUT2D eigenvalue weighted by Gasteiger charge is -2.22. The van der Waals surface area contributed by atoms with Crippen LogP contribution >= 0.6 is 0 Å². The minimum Gasteiger partial charge on any atom is -0.497 e. The minimum absolute atomic E-state index is 0.0897. The highest BCUT2D eigenvalue weighted by Crippen LogP contribution is 2.25. The van der Waals surface area contributed by atoms with E-state index in [0.717, 1.165) is 17.7 Å². The average Bonchev–Trinajstić information content (AvgIpc) is 2.98. The maximum atomic E-state index is 12.6. The zero-order valence-corrected chi connectivity index (χ0v) is 17.7. The van der Waals surface area contributed by atoms with Crippen LogP contribution in [0.15, 0.2) is 48.5 Å². The predicted molar refractivity (Wildman–Crippen MR) is 114 cm³/mol. The Bertz CT molecular complexity index is 886. The maximum Gasteiger partial charge on any atom is 0.261 e. The average molecular weight is 408 g/mol. The van der Waals surface area contributed by atoms with Crippen LogP contribution < -0.4 is 10.1 Å². The molecule has 0 radical (unpaired) electrons. The van der Waals surface area contributed by atoms with E-state index in [2.05, 4.69) is 19.2 Å². The van der Waals surface area contributed by atoms with Crippen molar-refractivity contribution in [3.63, 3.8) is 0 Å². The number of benzene rings is 2. The van der Waals surface area contributed by atoms with Gasteiger partial charge in [0.05, 0.1) is 24.3 Å². The highest BCUT2D eigenvalue weighted by atomic mass is 16.5. The smallest absolute Gasteiger partial charge is 0.261 e. The number of methoxy groups -OCH3 is 1. The summed E-state index contributed by atoms with van der Waals surface area (Å²) in [5.74, 6) is 0.525. The summed E-state index contributed by atoms with van der Waals surface area (Å²) >= 11 is 0. The topological polar surface area (TPSA) is 75.7 Å². The van der Waals surface area contributed by atoms with Crippen molar-refractivity contribution in [2.75, 3.05) is 13.7 Å². The molecule has 0 fully saturated rings. The van der Waals surface area contributed by atoms with Crippen LogP contribution in [0.25, 0.3) is 0 Å². The number of carbonyl (C=O) groups excluding carboxylic acids is 3. The molecule has 0 saturated heterocycles. The SMILES string of the molecule is COc1ccc([C@H](CC(C)C)NC(=O)CCCN2C(=O)c3ccccc3C2=O)cc1. The van der Waals surface area contributed by atoms with Gasteiger partial charge in [0.15, 0.2) is 0 Å². The van der Waals surface area contributed by atoms with E-state index in [9.17, 15) is 14.4 Å². The van der Waals surface area contributed by atoms with Crippen LogP contribution in [0, 0.1) is 5.92 Å². The molecule has 1 aliphatic heterocycles. The van der Waals surface area contributed by atoms with Crippen LogP contribution in [0.2, 0.25) is 0 Å². The first-order valence-corrected chi connectivity index (χ1v) is 10.3. The highest BCUT2D eigenvalue weighted by molar-refractivity contribution is 6.21. The van der Waals surface area contributed by atoms with Crippen LogP contribution in [-0.4, -0.2) is 36.3 Å². The van der Waals surface area contributed by atoms with Gasteiger partial charge >= 0.3 is 0 Å². The van der Waals surface area contributed by atoms with Crippen molar-refractivity contribution < 1.29 is 19.1 Å². The molecule has 1 atom stereocenters. The standard InChI is InChI=1S/C24H28N2O4/c1-16(2)15-21(17-10-12-18(30-3)13-11-17)25-22(27)9-6-14-26-23(28)19-7-4-5-8-20(19)24(26)29/h4-5,7-8,10-13,16,21H,6,9,14-15H2,1-3H3,(H,25,27)/t21-/m0/s1. The molecule has 6 nitrogen and oxygen atoms in total. The van der Waals surface area contributed by atoms with Gasteiger partial charge in [-0.3, -0.25) is 19.3 Å². The van der Waals surface area contributed by atoms with E-state index in [0.29, 0.717) is 23.5 Å². The number of amides is 3. The minimum atomic E-state index is -0.285. The summed E-state index contributed by atoms with van der Waals surface area (Å²) in [4.78, 5) is 38.6. The van der Waals surface area contributed by atoms with Gasteiger partial charge in [-0.2, -0.15) is 0 Å². The van der Waals surface area contributed by atoms with Gasteiger partial charge in [0.2, 0.25) is 5.91 Å². The lowest BCUT2D eigenvalue weighted by molar-refractivity contribution is -0.122. The van der Waals surface area contributed by atoms with Crippen LogP contribution in [0.4, 0.5) is 0 Å². The normalized spacial score (nSPS) is 14.1. The van der Waals surface area contributed by atoms with Crippen molar-refractivity contribution in [2.45, 2.75) is 39.2 Å². The van der Waals surface area contributed by atoms with Crippen LogP contribution in [0.5, 0.6) is 5.75 Å². The molecular formula is C24H28N2O4. The second kappa shape index (κ2) is 9.57. The maximum absolute atomic E-state index is 12.6. The second-order valence-corrected chi connectivity index (χ2v) is 7.93. The van der Waals surface area contributed by atoms with Gasteiger partial charge in [0.25, 0.3) is 11.8 Å².